The molecule has 1 fully saturated rings. The van der Waals surface area contributed by atoms with Crippen LogP contribution in [-0.2, 0) is 19.6 Å². The van der Waals surface area contributed by atoms with Crippen LogP contribution in [0.3, 0.4) is 0 Å². The summed E-state index contributed by atoms with van der Waals surface area (Å²) >= 11 is 0.936. The molecule has 0 unspecified atom stereocenters. The normalized spacial score (nSPS) is 14.5. The monoisotopic (exact) mass is 458 g/mol. The van der Waals surface area contributed by atoms with E-state index < -0.39 is 15.9 Å². The zero-order chi connectivity index (χ0) is 22.6. The molecule has 10 nitrogen and oxygen atoms in total. The number of nitriles is 2. The minimum Gasteiger partial charge on any atom is -0.383 e. The molecule has 3 rings (SSSR count). The lowest BCUT2D eigenvalue weighted by Gasteiger charge is -2.26. The minimum atomic E-state index is -3.70. The molecule has 1 aliphatic rings. The fourth-order valence-corrected chi connectivity index (χ4v) is 5.20. The van der Waals surface area contributed by atoms with E-state index >= 15 is 0 Å². The number of rotatable bonds is 6. The summed E-state index contributed by atoms with van der Waals surface area (Å²) in [7, 11) is -3.70. The maximum Gasteiger partial charge on any atom is 0.243 e. The predicted molar refractivity (Wildman–Crippen MR) is 113 cm³/mol. The lowest BCUT2D eigenvalue weighted by Crippen LogP contribution is -2.40. The van der Waals surface area contributed by atoms with Gasteiger partial charge < -0.3 is 16.2 Å². The van der Waals surface area contributed by atoms with Crippen LogP contribution in [0.2, 0.25) is 0 Å². The van der Waals surface area contributed by atoms with Crippen molar-refractivity contribution in [3.63, 3.8) is 0 Å². The third-order valence-corrected chi connectivity index (χ3v) is 7.43. The Labute approximate surface area is 183 Å². The number of amides is 1. The molecule has 1 saturated heterocycles. The highest BCUT2D eigenvalue weighted by molar-refractivity contribution is 8.00. The fourth-order valence-electron chi connectivity index (χ4n) is 3.06. The van der Waals surface area contributed by atoms with Crippen LogP contribution < -0.4 is 11.5 Å². The van der Waals surface area contributed by atoms with E-state index in [-0.39, 0.29) is 51.3 Å². The van der Waals surface area contributed by atoms with Crippen molar-refractivity contribution in [2.75, 3.05) is 37.8 Å². The summed E-state index contributed by atoms with van der Waals surface area (Å²) in [4.78, 5) is 15.3. The van der Waals surface area contributed by atoms with Gasteiger partial charge >= 0.3 is 0 Å². The number of thioether (sulfide) groups is 1. The van der Waals surface area contributed by atoms with Crippen molar-refractivity contribution in [1.29, 1.82) is 10.5 Å². The SMILES string of the molecule is N#Cc1c(N)nc(SCC(N)=O)c(C#N)c1-c1ccc(S(=O)(=O)N2CCOCC2)cc1. The van der Waals surface area contributed by atoms with Crippen LogP contribution in [0.4, 0.5) is 5.82 Å². The molecule has 0 aliphatic carbocycles. The molecule has 0 saturated carbocycles. The average Bonchev–Trinajstić information content (AvgIpc) is 2.77. The number of morpholine rings is 1. The summed E-state index contributed by atoms with van der Waals surface area (Å²) in [5, 5.41) is 19.4. The molecule has 12 heteroatoms. The van der Waals surface area contributed by atoms with E-state index in [1.54, 1.807) is 0 Å². The maximum absolute atomic E-state index is 12.8. The van der Waals surface area contributed by atoms with E-state index in [0.717, 1.165) is 11.8 Å². The molecule has 0 bridgehead atoms. The van der Waals surface area contributed by atoms with Crippen molar-refractivity contribution in [2.45, 2.75) is 9.92 Å². The quantitative estimate of drug-likeness (QED) is 0.589. The van der Waals surface area contributed by atoms with Crippen LogP contribution in [-0.4, -0.2) is 55.7 Å². The Morgan fingerprint density at radius 2 is 1.77 bits per heavy atom. The van der Waals surface area contributed by atoms with Crippen molar-refractivity contribution in [2.24, 2.45) is 5.73 Å². The number of nitrogens with zero attached hydrogens (tertiary/aromatic N) is 4. The first-order chi connectivity index (χ1) is 14.8. The topological polar surface area (TPSA) is 176 Å². The van der Waals surface area contributed by atoms with Crippen molar-refractivity contribution >= 4 is 33.5 Å². The first kappa shape index (κ1) is 22.5. The smallest absolute Gasteiger partial charge is 0.243 e. The number of primary amides is 1. The highest BCUT2D eigenvalue weighted by Gasteiger charge is 2.27. The first-order valence-corrected chi connectivity index (χ1v) is 11.4. The van der Waals surface area contributed by atoms with E-state index in [9.17, 15) is 23.7 Å². The third-order valence-electron chi connectivity index (χ3n) is 4.52. The molecule has 2 heterocycles. The van der Waals surface area contributed by atoms with Crippen molar-refractivity contribution < 1.29 is 17.9 Å². The van der Waals surface area contributed by atoms with Gasteiger partial charge in [0.1, 0.15) is 28.5 Å². The van der Waals surface area contributed by atoms with Gasteiger partial charge in [0.15, 0.2) is 0 Å². The van der Waals surface area contributed by atoms with Gasteiger partial charge in [0.05, 0.1) is 29.4 Å². The summed E-state index contributed by atoms with van der Waals surface area (Å²) in [5.41, 5.74) is 11.8. The van der Waals surface area contributed by atoms with E-state index in [1.165, 1.54) is 28.6 Å². The second kappa shape index (κ2) is 9.32. The molecule has 1 aromatic heterocycles. The number of nitrogens with two attached hydrogens (primary N) is 2. The summed E-state index contributed by atoms with van der Waals surface area (Å²) < 4.78 is 32.2. The van der Waals surface area contributed by atoms with Gasteiger partial charge in [-0.2, -0.15) is 14.8 Å². The Kier molecular flexibility index (Phi) is 6.77. The molecule has 31 heavy (non-hydrogen) atoms. The average molecular weight is 459 g/mol. The summed E-state index contributed by atoms with van der Waals surface area (Å²) in [6.45, 7) is 1.19. The number of pyridine rings is 1. The molecule has 1 aliphatic heterocycles. The number of carbonyl (C=O) groups is 1. The second-order valence-corrected chi connectivity index (χ2v) is 9.35. The number of ether oxygens (including phenoxy) is 1. The van der Waals surface area contributed by atoms with Crippen LogP contribution in [0.15, 0.2) is 34.2 Å². The largest absolute Gasteiger partial charge is 0.383 e. The van der Waals surface area contributed by atoms with E-state index in [1.807, 2.05) is 12.1 Å². The highest BCUT2D eigenvalue weighted by atomic mass is 32.2. The van der Waals surface area contributed by atoms with Crippen molar-refractivity contribution in [1.82, 2.24) is 9.29 Å². The number of hydrogen-bond donors (Lipinski definition) is 2. The number of sulfonamides is 1. The Morgan fingerprint density at radius 1 is 1.16 bits per heavy atom. The fraction of sp³-hybridized carbons (Fsp3) is 0.263. The molecule has 160 valence electrons. The predicted octanol–water partition coefficient (Wildman–Crippen LogP) is 0.672. The molecule has 0 spiro atoms. The first-order valence-electron chi connectivity index (χ1n) is 9.02. The molecule has 1 aromatic carbocycles. The van der Waals surface area contributed by atoms with Gasteiger partial charge in [-0.1, -0.05) is 23.9 Å². The lowest BCUT2D eigenvalue weighted by atomic mass is 9.97. The standard InChI is InChI=1S/C19H18N6O4S2/c20-9-14-17(15(10-21)19(24-18(14)23)30-11-16(22)26)12-1-3-13(4-2-12)31(27,28)25-5-7-29-8-6-25/h1-4H,5-8,11H2,(H2,22,26)(H2,23,24). The molecular formula is C19H18N6O4S2. The van der Waals surface area contributed by atoms with Gasteiger partial charge in [-0.05, 0) is 17.7 Å². The Morgan fingerprint density at radius 3 is 2.32 bits per heavy atom. The highest BCUT2D eigenvalue weighted by Crippen LogP contribution is 2.36. The summed E-state index contributed by atoms with van der Waals surface area (Å²) in [5.74, 6) is -0.824. The van der Waals surface area contributed by atoms with Gasteiger partial charge in [-0.25, -0.2) is 13.4 Å². The third kappa shape index (κ3) is 4.62. The second-order valence-electron chi connectivity index (χ2n) is 6.45. The van der Waals surface area contributed by atoms with Crippen LogP contribution in [0.1, 0.15) is 11.1 Å². The lowest BCUT2D eigenvalue weighted by molar-refractivity contribution is -0.115. The zero-order valence-electron chi connectivity index (χ0n) is 16.2. The van der Waals surface area contributed by atoms with Gasteiger partial charge in [-0.3, -0.25) is 4.79 Å². The van der Waals surface area contributed by atoms with E-state index in [4.69, 9.17) is 16.2 Å². The maximum atomic E-state index is 12.8. The van der Waals surface area contributed by atoms with Gasteiger partial charge in [-0.15, -0.1) is 0 Å². The Bertz CT molecular complexity index is 1190. The van der Waals surface area contributed by atoms with E-state index in [0.29, 0.717) is 18.8 Å². The van der Waals surface area contributed by atoms with Gasteiger partial charge in [0, 0.05) is 18.7 Å². The van der Waals surface area contributed by atoms with Crippen molar-refractivity contribution in [3.05, 3.63) is 35.4 Å². The zero-order valence-corrected chi connectivity index (χ0v) is 17.9. The van der Waals surface area contributed by atoms with Crippen LogP contribution in [0.25, 0.3) is 11.1 Å². The Hall–Kier alpha value is -3.16. The summed E-state index contributed by atoms with van der Waals surface area (Å²) in [6, 6.07) is 9.78. The van der Waals surface area contributed by atoms with E-state index in [2.05, 4.69) is 4.98 Å². The number of hydrogen-bond acceptors (Lipinski definition) is 9. The molecule has 4 N–H and O–H groups in total. The molecular weight excluding hydrogens is 440 g/mol. The van der Waals surface area contributed by atoms with Crippen LogP contribution in [0, 0.1) is 22.7 Å². The Balaban J connectivity index is 2.07. The number of aromatic nitrogens is 1. The summed E-state index contributed by atoms with van der Waals surface area (Å²) in [6.07, 6.45) is 0. The minimum absolute atomic E-state index is 0.0104. The van der Waals surface area contributed by atoms with Crippen molar-refractivity contribution in [3.8, 4) is 23.3 Å². The van der Waals surface area contributed by atoms with Crippen LogP contribution >= 0.6 is 11.8 Å². The molecule has 1 amide bonds. The number of nitrogen functional groups attached to an aromatic ring is 1. The van der Waals surface area contributed by atoms with Gasteiger partial charge in [0.2, 0.25) is 15.9 Å². The molecule has 0 radical (unpaired) electrons. The van der Waals surface area contributed by atoms with Gasteiger partial charge in [0.25, 0.3) is 0 Å². The number of benzene rings is 1. The number of carbonyl (C=O) groups excluding carboxylic acids is 1. The molecule has 2 aromatic rings. The number of anilines is 1. The molecule has 0 atom stereocenters. The van der Waals surface area contributed by atoms with Crippen LogP contribution in [0.5, 0.6) is 0 Å².